The lowest BCUT2D eigenvalue weighted by atomic mass is 10.1. The zero-order valence-corrected chi connectivity index (χ0v) is 15.0. The van der Waals surface area contributed by atoms with Gasteiger partial charge in [-0.15, -0.1) is 0 Å². The highest BCUT2D eigenvalue weighted by Crippen LogP contribution is 2.28. The summed E-state index contributed by atoms with van der Waals surface area (Å²) in [6.45, 7) is 6.01. The van der Waals surface area contributed by atoms with Crippen LogP contribution in [0.25, 0.3) is 11.0 Å². The highest BCUT2D eigenvalue weighted by molar-refractivity contribution is 5.97. The summed E-state index contributed by atoms with van der Waals surface area (Å²) < 4.78 is 1.50. The molecule has 0 spiro atoms. The largest absolute Gasteiger partial charge is 0.359 e. The molecule has 2 amide bonds. The van der Waals surface area contributed by atoms with Gasteiger partial charge in [0.15, 0.2) is 0 Å². The van der Waals surface area contributed by atoms with Gasteiger partial charge in [-0.3, -0.25) is 4.79 Å². The van der Waals surface area contributed by atoms with Crippen LogP contribution in [-0.4, -0.2) is 53.1 Å². The van der Waals surface area contributed by atoms with Crippen LogP contribution in [-0.2, 0) is 11.2 Å². The standard InChI is InChI=1S/C18H25N5O2/c1-12(2)7-8-15-20-17-13(22-10-9-21(3)16(24)11-22)5-4-6-14(17)23(15)18(19)25/h4-6,12H,7-11H2,1-3H3,(H2,19,25). The molecule has 1 aliphatic rings. The third-order valence-electron chi connectivity index (χ3n) is 4.70. The van der Waals surface area contributed by atoms with Gasteiger partial charge in [-0.2, -0.15) is 0 Å². The number of primary amides is 1. The third kappa shape index (κ3) is 3.31. The first-order valence-electron chi connectivity index (χ1n) is 8.67. The van der Waals surface area contributed by atoms with E-state index in [1.807, 2.05) is 30.1 Å². The van der Waals surface area contributed by atoms with Crippen molar-refractivity contribution in [2.45, 2.75) is 26.7 Å². The maximum atomic E-state index is 12.1. The molecular weight excluding hydrogens is 318 g/mol. The van der Waals surface area contributed by atoms with Crippen molar-refractivity contribution in [1.82, 2.24) is 14.5 Å². The van der Waals surface area contributed by atoms with Gasteiger partial charge in [-0.05, 0) is 24.5 Å². The number of imidazole rings is 1. The fraction of sp³-hybridized carbons (Fsp3) is 0.500. The van der Waals surface area contributed by atoms with Gasteiger partial charge in [-0.1, -0.05) is 19.9 Å². The summed E-state index contributed by atoms with van der Waals surface area (Å²) in [5.74, 6) is 1.28. The first-order valence-corrected chi connectivity index (χ1v) is 8.67. The summed E-state index contributed by atoms with van der Waals surface area (Å²) in [5, 5.41) is 0. The summed E-state index contributed by atoms with van der Waals surface area (Å²) in [7, 11) is 1.81. The van der Waals surface area contributed by atoms with Crippen LogP contribution in [0.15, 0.2) is 18.2 Å². The number of benzene rings is 1. The number of fused-ring (bicyclic) bond motifs is 1. The fourth-order valence-corrected chi connectivity index (χ4v) is 3.18. The molecule has 2 heterocycles. The van der Waals surface area contributed by atoms with Gasteiger partial charge in [0.1, 0.15) is 11.3 Å². The summed E-state index contributed by atoms with van der Waals surface area (Å²) in [6.07, 6.45) is 1.62. The lowest BCUT2D eigenvalue weighted by molar-refractivity contribution is -0.129. The van der Waals surface area contributed by atoms with E-state index in [9.17, 15) is 9.59 Å². The molecule has 7 heteroatoms. The minimum atomic E-state index is -0.520. The SMILES string of the molecule is CC(C)CCc1nc2c(N3CCN(C)C(=O)C3)cccc2n1C(N)=O. The number of piperazine rings is 1. The first-order chi connectivity index (χ1) is 11.9. The fourth-order valence-electron chi connectivity index (χ4n) is 3.18. The Morgan fingerprint density at radius 2 is 2.08 bits per heavy atom. The van der Waals surface area contributed by atoms with Crippen molar-refractivity contribution in [3.05, 3.63) is 24.0 Å². The van der Waals surface area contributed by atoms with E-state index >= 15 is 0 Å². The minimum absolute atomic E-state index is 0.0811. The molecular formula is C18H25N5O2. The van der Waals surface area contributed by atoms with Gasteiger partial charge in [0, 0.05) is 26.6 Å². The molecule has 7 nitrogen and oxygen atoms in total. The highest BCUT2D eigenvalue weighted by atomic mass is 16.2. The van der Waals surface area contributed by atoms with Crippen molar-refractivity contribution in [2.24, 2.45) is 11.7 Å². The number of anilines is 1. The van der Waals surface area contributed by atoms with E-state index in [4.69, 9.17) is 10.7 Å². The minimum Gasteiger partial charge on any atom is -0.359 e. The Morgan fingerprint density at radius 3 is 2.72 bits per heavy atom. The molecule has 0 bridgehead atoms. The van der Waals surface area contributed by atoms with Gasteiger partial charge in [0.05, 0.1) is 17.7 Å². The number of likely N-dealkylation sites (N-methyl/N-ethyl adjacent to an activating group) is 1. The molecule has 134 valence electrons. The molecule has 25 heavy (non-hydrogen) atoms. The van der Waals surface area contributed by atoms with Gasteiger partial charge in [0.2, 0.25) is 5.91 Å². The number of aromatic nitrogens is 2. The molecule has 2 N–H and O–H groups in total. The van der Waals surface area contributed by atoms with E-state index in [0.29, 0.717) is 36.8 Å². The molecule has 1 aliphatic heterocycles. The highest BCUT2D eigenvalue weighted by Gasteiger charge is 2.25. The number of carbonyl (C=O) groups excluding carboxylic acids is 2. The van der Waals surface area contributed by atoms with Crippen LogP contribution < -0.4 is 10.6 Å². The van der Waals surface area contributed by atoms with E-state index in [-0.39, 0.29) is 5.91 Å². The molecule has 1 aromatic heterocycles. The second-order valence-electron chi connectivity index (χ2n) is 7.02. The monoisotopic (exact) mass is 343 g/mol. The van der Waals surface area contributed by atoms with Crippen LogP contribution in [0.3, 0.4) is 0 Å². The average molecular weight is 343 g/mol. The summed E-state index contributed by atoms with van der Waals surface area (Å²) in [4.78, 5) is 32.5. The normalized spacial score (nSPS) is 15.4. The van der Waals surface area contributed by atoms with Crippen molar-refractivity contribution in [1.29, 1.82) is 0 Å². The van der Waals surface area contributed by atoms with Crippen molar-refractivity contribution in [2.75, 3.05) is 31.6 Å². The maximum absolute atomic E-state index is 12.1. The van der Waals surface area contributed by atoms with E-state index in [2.05, 4.69) is 13.8 Å². The number of hydrogen-bond acceptors (Lipinski definition) is 4. The molecule has 0 atom stereocenters. The second kappa shape index (κ2) is 6.74. The Bertz CT molecular complexity index is 811. The summed E-state index contributed by atoms with van der Waals surface area (Å²) in [6, 6.07) is 5.17. The summed E-state index contributed by atoms with van der Waals surface area (Å²) >= 11 is 0. The van der Waals surface area contributed by atoms with Crippen LogP contribution in [0, 0.1) is 5.92 Å². The molecule has 2 aromatic rings. The lowest BCUT2D eigenvalue weighted by Crippen LogP contribution is -2.48. The molecule has 0 saturated carbocycles. The van der Waals surface area contributed by atoms with E-state index in [0.717, 1.165) is 24.2 Å². The number of hydrogen-bond donors (Lipinski definition) is 1. The Labute approximate surface area is 147 Å². The van der Waals surface area contributed by atoms with Gasteiger partial charge < -0.3 is 15.5 Å². The Balaban J connectivity index is 2.05. The van der Waals surface area contributed by atoms with E-state index < -0.39 is 6.03 Å². The first kappa shape index (κ1) is 17.3. The smallest absolute Gasteiger partial charge is 0.324 e. The predicted octanol–water partition coefficient (Wildman–Crippen LogP) is 1.83. The number of para-hydroxylation sites is 1. The van der Waals surface area contributed by atoms with Gasteiger partial charge in [0.25, 0.3) is 0 Å². The van der Waals surface area contributed by atoms with Gasteiger partial charge in [-0.25, -0.2) is 14.3 Å². The zero-order chi connectivity index (χ0) is 18.1. The topological polar surface area (TPSA) is 84.5 Å². The number of carbonyl (C=O) groups is 2. The molecule has 1 fully saturated rings. The molecule has 0 unspecified atom stereocenters. The van der Waals surface area contributed by atoms with Crippen LogP contribution in [0.5, 0.6) is 0 Å². The van der Waals surface area contributed by atoms with E-state index in [1.165, 1.54) is 4.57 Å². The van der Waals surface area contributed by atoms with Crippen LogP contribution in [0.4, 0.5) is 10.5 Å². The number of nitrogens with two attached hydrogens (primary N) is 1. The van der Waals surface area contributed by atoms with Crippen LogP contribution in [0.2, 0.25) is 0 Å². The van der Waals surface area contributed by atoms with Crippen LogP contribution >= 0.6 is 0 Å². The lowest BCUT2D eigenvalue weighted by Gasteiger charge is -2.33. The zero-order valence-electron chi connectivity index (χ0n) is 15.0. The molecule has 3 rings (SSSR count). The number of rotatable bonds is 4. The second-order valence-corrected chi connectivity index (χ2v) is 7.02. The molecule has 1 saturated heterocycles. The number of amides is 2. The Hall–Kier alpha value is -2.57. The number of nitrogens with zero attached hydrogens (tertiary/aromatic N) is 4. The average Bonchev–Trinajstić information content (AvgIpc) is 2.94. The Morgan fingerprint density at radius 1 is 1.32 bits per heavy atom. The predicted molar refractivity (Wildman–Crippen MR) is 97.7 cm³/mol. The van der Waals surface area contributed by atoms with Crippen molar-refractivity contribution in [3.63, 3.8) is 0 Å². The van der Waals surface area contributed by atoms with E-state index in [1.54, 1.807) is 4.90 Å². The molecule has 0 radical (unpaired) electrons. The molecule has 1 aromatic carbocycles. The summed E-state index contributed by atoms with van der Waals surface area (Å²) in [5.41, 5.74) is 7.93. The van der Waals surface area contributed by atoms with Crippen LogP contribution in [0.1, 0.15) is 26.1 Å². The van der Waals surface area contributed by atoms with Crippen molar-refractivity contribution in [3.8, 4) is 0 Å². The Kier molecular flexibility index (Phi) is 4.65. The van der Waals surface area contributed by atoms with Crippen molar-refractivity contribution >= 4 is 28.7 Å². The van der Waals surface area contributed by atoms with Gasteiger partial charge >= 0.3 is 6.03 Å². The quantitative estimate of drug-likeness (QED) is 0.918. The maximum Gasteiger partial charge on any atom is 0.324 e. The number of aryl methyl sites for hydroxylation is 1. The third-order valence-corrected chi connectivity index (χ3v) is 4.70. The molecule has 0 aliphatic carbocycles. The van der Waals surface area contributed by atoms with Crippen molar-refractivity contribution < 1.29 is 9.59 Å².